The van der Waals surface area contributed by atoms with Crippen molar-refractivity contribution >= 4 is 16.8 Å². The van der Waals surface area contributed by atoms with Gasteiger partial charge in [0.15, 0.2) is 0 Å². The largest absolute Gasteiger partial charge is 0.492 e. The van der Waals surface area contributed by atoms with Gasteiger partial charge in [0, 0.05) is 12.6 Å². The predicted octanol–water partition coefficient (Wildman–Crippen LogP) is 1.52. The number of benzene rings is 2. The van der Waals surface area contributed by atoms with E-state index in [0.29, 0.717) is 16.7 Å². The van der Waals surface area contributed by atoms with Gasteiger partial charge in [-0.05, 0) is 31.2 Å². The van der Waals surface area contributed by atoms with Crippen molar-refractivity contribution in [3.63, 3.8) is 0 Å². The smallest absolute Gasteiger partial charge is 0.331 e. The van der Waals surface area contributed by atoms with E-state index in [1.807, 2.05) is 0 Å². The first-order valence-corrected chi connectivity index (χ1v) is 8.88. The van der Waals surface area contributed by atoms with Crippen molar-refractivity contribution in [2.45, 2.75) is 20.0 Å². The lowest BCUT2D eigenvalue weighted by molar-refractivity contribution is -0.121. The van der Waals surface area contributed by atoms with Gasteiger partial charge in [0.05, 0.1) is 17.4 Å². The van der Waals surface area contributed by atoms with Crippen LogP contribution in [0.5, 0.6) is 5.75 Å². The van der Waals surface area contributed by atoms with Crippen LogP contribution in [-0.4, -0.2) is 28.2 Å². The molecule has 146 valence electrons. The number of hydrogen-bond donors (Lipinski definition) is 1. The van der Waals surface area contributed by atoms with Gasteiger partial charge in [-0.3, -0.25) is 18.7 Å². The third-order valence-corrected chi connectivity index (χ3v) is 4.24. The van der Waals surface area contributed by atoms with Crippen molar-refractivity contribution in [3.05, 3.63) is 75.2 Å². The first kappa shape index (κ1) is 19.3. The molecule has 0 saturated heterocycles. The van der Waals surface area contributed by atoms with Gasteiger partial charge in [-0.2, -0.15) is 0 Å². The molecule has 1 aromatic heterocycles. The normalized spacial score (nSPS) is 10.8. The maximum Gasteiger partial charge on any atom is 0.331 e. The van der Waals surface area contributed by atoms with Crippen LogP contribution in [0.25, 0.3) is 10.9 Å². The standard InChI is InChI=1S/C20H20FN3O4/c1-2-23-19(26)16-8-3-4-9-17(16)24(20(23)27)13-18(25)22-10-11-28-15-7-5-6-14(21)12-15/h3-9,12H,2,10-11,13H2,1H3,(H,22,25). The number of hydrogen-bond acceptors (Lipinski definition) is 4. The molecule has 3 aromatic rings. The second kappa shape index (κ2) is 8.51. The zero-order valence-electron chi connectivity index (χ0n) is 15.4. The molecule has 8 heteroatoms. The summed E-state index contributed by atoms with van der Waals surface area (Å²) in [6.07, 6.45) is 0. The number of para-hydroxylation sites is 1. The third kappa shape index (κ3) is 4.11. The molecule has 0 radical (unpaired) electrons. The molecule has 1 heterocycles. The Balaban J connectivity index is 1.69. The van der Waals surface area contributed by atoms with Crippen LogP contribution in [0.3, 0.4) is 0 Å². The number of halogens is 1. The van der Waals surface area contributed by atoms with Crippen molar-refractivity contribution in [1.29, 1.82) is 0 Å². The summed E-state index contributed by atoms with van der Waals surface area (Å²) < 4.78 is 20.8. The van der Waals surface area contributed by atoms with E-state index in [2.05, 4.69) is 5.32 Å². The van der Waals surface area contributed by atoms with Crippen LogP contribution < -0.4 is 21.3 Å². The van der Waals surface area contributed by atoms with Crippen LogP contribution in [-0.2, 0) is 17.9 Å². The molecular weight excluding hydrogens is 365 g/mol. The van der Waals surface area contributed by atoms with E-state index in [4.69, 9.17) is 4.74 Å². The highest BCUT2D eigenvalue weighted by molar-refractivity contribution is 5.81. The first-order chi connectivity index (χ1) is 13.5. The Hall–Kier alpha value is -3.42. The number of carbonyl (C=O) groups excluding carboxylic acids is 1. The Kier molecular flexibility index (Phi) is 5.88. The van der Waals surface area contributed by atoms with E-state index in [1.165, 1.54) is 22.8 Å². The average Bonchev–Trinajstić information content (AvgIpc) is 2.69. The minimum atomic E-state index is -0.530. The minimum absolute atomic E-state index is 0.152. The molecule has 0 aliphatic heterocycles. The van der Waals surface area contributed by atoms with E-state index < -0.39 is 17.4 Å². The minimum Gasteiger partial charge on any atom is -0.492 e. The quantitative estimate of drug-likeness (QED) is 0.625. The van der Waals surface area contributed by atoms with Gasteiger partial charge in [-0.15, -0.1) is 0 Å². The summed E-state index contributed by atoms with van der Waals surface area (Å²) in [5, 5.41) is 3.04. The van der Waals surface area contributed by atoms with Gasteiger partial charge >= 0.3 is 5.69 Å². The maximum absolute atomic E-state index is 13.1. The Morgan fingerprint density at radius 1 is 1.11 bits per heavy atom. The Morgan fingerprint density at radius 3 is 2.64 bits per heavy atom. The molecule has 0 saturated carbocycles. The van der Waals surface area contributed by atoms with Gasteiger partial charge in [0.2, 0.25) is 5.91 Å². The summed E-state index contributed by atoms with van der Waals surface area (Å²) in [7, 11) is 0. The number of fused-ring (bicyclic) bond motifs is 1. The SMILES string of the molecule is CCn1c(=O)c2ccccc2n(CC(=O)NCCOc2cccc(F)c2)c1=O. The second-order valence-electron chi connectivity index (χ2n) is 6.09. The molecule has 2 aromatic carbocycles. The topological polar surface area (TPSA) is 82.3 Å². The lowest BCUT2D eigenvalue weighted by Gasteiger charge is -2.13. The molecule has 0 fully saturated rings. The van der Waals surface area contributed by atoms with Crippen LogP contribution >= 0.6 is 0 Å². The molecule has 0 bridgehead atoms. The lowest BCUT2D eigenvalue weighted by atomic mass is 10.2. The number of rotatable bonds is 7. The number of nitrogens with one attached hydrogen (secondary N) is 1. The van der Waals surface area contributed by atoms with Gasteiger partial charge in [0.25, 0.3) is 5.56 Å². The van der Waals surface area contributed by atoms with Crippen LogP contribution in [0.4, 0.5) is 4.39 Å². The zero-order valence-corrected chi connectivity index (χ0v) is 15.4. The Morgan fingerprint density at radius 2 is 1.89 bits per heavy atom. The number of amides is 1. The van der Waals surface area contributed by atoms with Crippen LogP contribution in [0, 0.1) is 5.82 Å². The molecule has 1 amide bonds. The van der Waals surface area contributed by atoms with Crippen LogP contribution in [0.15, 0.2) is 58.1 Å². The highest BCUT2D eigenvalue weighted by Crippen LogP contribution is 2.11. The van der Waals surface area contributed by atoms with Crippen LogP contribution in [0.2, 0.25) is 0 Å². The molecule has 0 aliphatic carbocycles. The van der Waals surface area contributed by atoms with Crippen molar-refractivity contribution in [3.8, 4) is 5.75 Å². The van der Waals surface area contributed by atoms with Crippen molar-refractivity contribution < 1.29 is 13.9 Å². The number of ether oxygens (including phenoxy) is 1. The van der Waals surface area contributed by atoms with E-state index in [9.17, 15) is 18.8 Å². The summed E-state index contributed by atoms with van der Waals surface area (Å²) >= 11 is 0. The van der Waals surface area contributed by atoms with Crippen molar-refractivity contribution in [1.82, 2.24) is 14.5 Å². The number of aromatic nitrogens is 2. The summed E-state index contributed by atoms with van der Waals surface area (Å²) in [6, 6.07) is 12.4. The maximum atomic E-state index is 13.1. The molecule has 0 unspecified atom stereocenters. The molecule has 28 heavy (non-hydrogen) atoms. The summed E-state index contributed by atoms with van der Waals surface area (Å²) in [5.41, 5.74) is -0.492. The molecule has 1 N–H and O–H groups in total. The highest BCUT2D eigenvalue weighted by atomic mass is 19.1. The fraction of sp³-hybridized carbons (Fsp3) is 0.250. The molecule has 3 rings (SSSR count). The monoisotopic (exact) mass is 385 g/mol. The van der Waals surface area contributed by atoms with Gasteiger partial charge < -0.3 is 10.1 Å². The average molecular weight is 385 g/mol. The fourth-order valence-corrected chi connectivity index (χ4v) is 2.92. The molecular formula is C20H20FN3O4. The summed E-state index contributed by atoms with van der Waals surface area (Å²) in [4.78, 5) is 37.3. The third-order valence-electron chi connectivity index (χ3n) is 4.24. The lowest BCUT2D eigenvalue weighted by Crippen LogP contribution is -2.42. The summed E-state index contributed by atoms with van der Waals surface area (Å²) in [5.74, 6) is -0.429. The van der Waals surface area contributed by atoms with Crippen LogP contribution in [0.1, 0.15) is 6.92 Å². The van der Waals surface area contributed by atoms with E-state index in [0.717, 1.165) is 4.57 Å². The molecule has 7 nitrogen and oxygen atoms in total. The molecule has 0 aliphatic rings. The second-order valence-corrected chi connectivity index (χ2v) is 6.09. The van der Waals surface area contributed by atoms with E-state index in [1.54, 1.807) is 37.3 Å². The van der Waals surface area contributed by atoms with E-state index in [-0.39, 0.29) is 31.8 Å². The van der Waals surface area contributed by atoms with Crippen molar-refractivity contribution in [2.75, 3.05) is 13.2 Å². The Labute approximate surface area is 160 Å². The highest BCUT2D eigenvalue weighted by Gasteiger charge is 2.14. The number of nitrogens with zero attached hydrogens (tertiary/aromatic N) is 2. The first-order valence-electron chi connectivity index (χ1n) is 8.88. The van der Waals surface area contributed by atoms with Crippen molar-refractivity contribution in [2.24, 2.45) is 0 Å². The van der Waals surface area contributed by atoms with Gasteiger partial charge in [0.1, 0.15) is 24.7 Å². The van der Waals surface area contributed by atoms with E-state index >= 15 is 0 Å². The zero-order chi connectivity index (χ0) is 20.1. The summed E-state index contributed by atoms with van der Waals surface area (Å²) in [6.45, 7) is 2.03. The predicted molar refractivity (Wildman–Crippen MR) is 103 cm³/mol. The van der Waals surface area contributed by atoms with Gasteiger partial charge in [-0.1, -0.05) is 18.2 Å². The fourth-order valence-electron chi connectivity index (χ4n) is 2.92. The molecule has 0 atom stereocenters. The Bertz CT molecular complexity index is 1120. The number of carbonyl (C=O) groups is 1. The molecule has 0 spiro atoms. The van der Waals surface area contributed by atoms with Gasteiger partial charge in [-0.25, -0.2) is 9.18 Å².